The number of carbonyl (C=O) groups excluding carboxylic acids is 2. The molecule has 1 atom stereocenters. The third-order valence-corrected chi connectivity index (χ3v) is 2.76. The monoisotopic (exact) mass is 321 g/mol. The van der Waals surface area contributed by atoms with E-state index in [1.807, 2.05) is 0 Å². The molecule has 0 saturated heterocycles. The second-order valence-electron chi connectivity index (χ2n) is 4.05. The Kier molecular flexibility index (Phi) is 5.37. The van der Waals surface area contributed by atoms with Crippen molar-refractivity contribution in [3.05, 3.63) is 40.4 Å². The molecule has 0 aliphatic heterocycles. The van der Waals surface area contributed by atoms with Crippen molar-refractivity contribution in [3.8, 4) is 0 Å². The van der Waals surface area contributed by atoms with E-state index in [1.165, 1.54) is 6.92 Å². The van der Waals surface area contributed by atoms with Gasteiger partial charge in [-0.1, -0.05) is 11.6 Å². The molecule has 2 N–H and O–H groups in total. The quantitative estimate of drug-likeness (QED) is 0.685. The third-order valence-electron chi connectivity index (χ3n) is 2.42. The number of hydrogen-bond donors (Lipinski definition) is 1. The second-order valence-corrected chi connectivity index (χ2v) is 4.46. The van der Waals surface area contributed by atoms with E-state index in [9.17, 15) is 22.8 Å². The number of hydrogen-bond acceptors (Lipinski definition) is 3. The minimum Gasteiger partial charge on any atom is -0.449 e. The maximum Gasteiger partial charge on any atom is 0.416 e. The van der Waals surface area contributed by atoms with Gasteiger partial charge in [-0.05, 0) is 36.8 Å². The molecule has 0 aromatic heterocycles. The molecule has 114 valence electrons. The number of primary amides is 1. The van der Waals surface area contributed by atoms with Gasteiger partial charge in [-0.2, -0.15) is 13.2 Å². The van der Waals surface area contributed by atoms with Gasteiger partial charge in [0.2, 0.25) is 0 Å². The summed E-state index contributed by atoms with van der Waals surface area (Å²) in [4.78, 5) is 22.0. The zero-order valence-electron chi connectivity index (χ0n) is 10.8. The molecule has 1 amide bonds. The van der Waals surface area contributed by atoms with Gasteiger partial charge >= 0.3 is 12.1 Å². The maximum atomic E-state index is 12.5. The first-order valence-electron chi connectivity index (χ1n) is 5.66. The van der Waals surface area contributed by atoms with Crippen LogP contribution in [0.25, 0.3) is 6.08 Å². The predicted octanol–water partition coefficient (Wildman–Crippen LogP) is 2.79. The van der Waals surface area contributed by atoms with Crippen LogP contribution < -0.4 is 5.73 Å². The van der Waals surface area contributed by atoms with Crippen molar-refractivity contribution >= 4 is 29.6 Å². The van der Waals surface area contributed by atoms with Crippen molar-refractivity contribution in [1.82, 2.24) is 0 Å². The van der Waals surface area contributed by atoms with E-state index < -0.39 is 29.7 Å². The van der Waals surface area contributed by atoms with E-state index in [4.69, 9.17) is 17.3 Å². The molecule has 21 heavy (non-hydrogen) atoms. The van der Waals surface area contributed by atoms with Crippen LogP contribution in [0.3, 0.4) is 0 Å². The number of amides is 1. The van der Waals surface area contributed by atoms with Crippen molar-refractivity contribution in [2.45, 2.75) is 19.2 Å². The van der Waals surface area contributed by atoms with Gasteiger partial charge in [0.05, 0.1) is 5.56 Å². The first-order valence-corrected chi connectivity index (χ1v) is 6.04. The standard InChI is InChI=1S/C13H11ClF3NO3/c1-7(12(18)20)21-11(19)5-2-8-6-9(13(15,16)17)3-4-10(8)14/h2-7H,1H3,(H2,18,20)/b5-2+/t7-/m1/s1. The van der Waals surface area contributed by atoms with E-state index in [0.717, 1.165) is 30.4 Å². The fourth-order valence-electron chi connectivity index (χ4n) is 1.28. The summed E-state index contributed by atoms with van der Waals surface area (Å²) < 4.78 is 42.3. The smallest absolute Gasteiger partial charge is 0.416 e. The van der Waals surface area contributed by atoms with Crippen LogP contribution in [-0.4, -0.2) is 18.0 Å². The topological polar surface area (TPSA) is 69.4 Å². The number of esters is 1. The first-order chi connectivity index (χ1) is 9.61. The Bertz CT molecular complexity index is 585. The van der Waals surface area contributed by atoms with Gasteiger partial charge in [-0.15, -0.1) is 0 Å². The largest absolute Gasteiger partial charge is 0.449 e. The van der Waals surface area contributed by atoms with Gasteiger partial charge in [0.25, 0.3) is 5.91 Å². The van der Waals surface area contributed by atoms with Crippen molar-refractivity contribution in [3.63, 3.8) is 0 Å². The molecule has 1 aromatic rings. The van der Waals surface area contributed by atoms with Gasteiger partial charge in [0.1, 0.15) is 0 Å². The summed E-state index contributed by atoms with van der Waals surface area (Å²) in [5.41, 5.74) is 3.99. The molecule has 0 aliphatic rings. The number of halogens is 4. The molecule has 0 bridgehead atoms. The predicted molar refractivity (Wildman–Crippen MR) is 70.2 cm³/mol. The minimum atomic E-state index is -4.52. The number of benzene rings is 1. The van der Waals surface area contributed by atoms with Crippen molar-refractivity contribution < 1.29 is 27.5 Å². The average Bonchev–Trinajstić information content (AvgIpc) is 2.36. The van der Waals surface area contributed by atoms with Gasteiger partial charge in [0.15, 0.2) is 6.10 Å². The van der Waals surface area contributed by atoms with Crippen molar-refractivity contribution in [2.24, 2.45) is 5.73 Å². The molecule has 1 aromatic carbocycles. The van der Waals surface area contributed by atoms with Gasteiger partial charge in [-0.3, -0.25) is 4.79 Å². The number of rotatable bonds is 4. The zero-order valence-corrected chi connectivity index (χ0v) is 11.5. The van der Waals surface area contributed by atoms with E-state index in [-0.39, 0.29) is 10.6 Å². The average molecular weight is 322 g/mol. The number of carbonyl (C=O) groups is 2. The molecular weight excluding hydrogens is 311 g/mol. The Labute approximate surface area is 123 Å². The van der Waals surface area contributed by atoms with Gasteiger partial charge in [0, 0.05) is 11.1 Å². The Morgan fingerprint density at radius 3 is 2.52 bits per heavy atom. The highest BCUT2D eigenvalue weighted by Gasteiger charge is 2.30. The zero-order chi connectivity index (χ0) is 16.2. The summed E-state index contributed by atoms with van der Waals surface area (Å²) in [5.74, 6) is -1.76. The molecule has 0 spiro atoms. The fraction of sp³-hybridized carbons (Fsp3) is 0.231. The Morgan fingerprint density at radius 2 is 2.00 bits per heavy atom. The second kappa shape index (κ2) is 6.62. The Morgan fingerprint density at radius 1 is 1.38 bits per heavy atom. The van der Waals surface area contributed by atoms with Crippen molar-refractivity contribution in [2.75, 3.05) is 0 Å². The van der Waals surface area contributed by atoms with Crippen LogP contribution in [0.4, 0.5) is 13.2 Å². The van der Waals surface area contributed by atoms with Crippen LogP contribution in [-0.2, 0) is 20.5 Å². The molecule has 1 rings (SSSR count). The molecule has 0 aliphatic carbocycles. The van der Waals surface area contributed by atoms with Crippen LogP contribution >= 0.6 is 11.6 Å². The molecular formula is C13H11ClF3NO3. The summed E-state index contributed by atoms with van der Waals surface area (Å²) in [6.45, 7) is 1.27. The Hall–Kier alpha value is -2.02. The summed E-state index contributed by atoms with van der Waals surface area (Å²) >= 11 is 5.74. The van der Waals surface area contributed by atoms with Crippen LogP contribution in [0.5, 0.6) is 0 Å². The molecule has 0 radical (unpaired) electrons. The molecule has 0 saturated carbocycles. The van der Waals surface area contributed by atoms with Crippen LogP contribution in [0.1, 0.15) is 18.1 Å². The van der Waals surface area contributed by atoms with Gasteiger partial charge in [-0.25, -0.2) is 4.79 Å². The van der Waals surface area contributed by atoms with Crippen LogP contribution in [0.2, 0.25) is 5.02 Å². The number of alkyl halides is 3. The summed E-state index contributed by atoms with van der Waals surface area (Å²) in [6, 6.07) is 2.69. The van der Waals surface area contributed by atoms with E-state index in [1.54, 1.807) is 0 Å². The lowest BCUT2D eigenvalue weighted by Crippen LogP contribution is -2.29. The third kappa shape index (κ3) is 5.11. The van der Waals surface area contributed by atoms with Crippen LogP contribution in [0.15, 0.2) is 24.3 Å². The van der Waals surface area contributed by atoms with E-state index in [0.29, 0.717) is 0 Å². The van der Waals surface area contributed by atoms with E-state index >= 15 is 0 Å². The molecule has 8 heteroatoms. The van der Waals surface area contributed by atoms with Crippen molar-refractivity contribution in [1.29, 1.82) is 0 Å². The summed E-state index contributed by atoms with van der Waals surface area (Å²) in [5, 5.41) is 0.0370. The lowest BCUT2D eigenvalue weighted by Gasteiger charge is -2.09. The van der Waals surface area contributed by atoms with E-state index in [2.05, 4.69) is 4.74 Å². The maximum absolute atomic E-state index is 12.5. The highest BCUT2D eigenvalue weighted by molar-refractivity contribution is 6.32. The highest BCUT2D eigenvalue weighted by atomic mass is 35.5. The molecule has 0 unspecified atom stereocenters. The molecule has 4 nitrogen and oxygen atoms in total. The number of ether oxygens (including phenoxy) is 1. The first kappa shape index (κ1) is 17.0. The lowest BCUT2D eigenvalue weighted by molar-refractivity contribution is -0.148. The molecule has 0 heterocycles. The van der Waals surface area contributed by atoms with Crippen LogP contribution in [0, 0.1) is 0 Å². The minimum absolute atomic E-state index is 0.00447. The Balaban J connectivity index is 2.89. The highest BCUT2D eigenvalue weighted by Crippen LogP contribution is 2.32. The summed E-state index contributed by atoms with van der Waals surface area (Å²) in [6.07, 6.45) is -3.73. The summed E-state index contributed by atoms with van der Waals surface area (Å²) in [7, 11) is 0. The lowest BCUT2D eigenvalue weighted by atomic mass is 10.1. The molecule has 0 fully saturated rings. The normalized spacial score (nSPS) is 13.2. The fourth-order valence-corrected chi connectivity index (χ4v) is 1.46. The van der Waals surface area contributed by atoms with Gasteiger partial charge < -0.3 is 10.5 Å². The number of nitrogens with two attached hydrogens (primary N) is 1. The SMILES string of the molecule is C[C@@H](OC(=O)/C=C/c1cc(C(F)(F)F)ccc1Cl)C(N)=O.